The number of hydrogen-bond acceptors (Lipinski definition) is 2. The highest BCUT2D eigenvalue weighted by Crippen LogP contribution is 2.47. The lowest BCUT2D eigenvalue weighted by Crippen LogP contribution is -2.47. The number of hydroxylamine groups is 2. The first-order chi connectivity index (χ1) is 10.1. The molecule has 0 heterocycles. The minimum absolute atomic E-state index is 0.170. The second kappa shape index (κ2) is 7.62. The quantitative estimate of drug-likeness (QED) is 0.483. The van der Waals surface area contributed by atoms with Crippen LogP contribution in [0.25, 0.3) is 0 Å². The lowest BCUT2D eigenvalue weighted by atomic mass is 9.61. The smallest absolute Gasteiger partial charge is 0.0861 e. The molecule has 0 aromatic heterocycles. The first-order valence-electron chi connectivity index (χ1n) is 8.22. The van der Waals surface area contributed by atoms with E-state index in [9.17, 15) is 0 Å². The van der Waals surface area contributed by atoms with E-state index < -0.39 is 0 Å². The van der Waals surface area contributed by atoms with Gasteiger partial charge in [0.15, 0.2) is 0 Å². The molecule has 1 aromatic rings. The van der Waals surface area contributed by atoms with Crippen LogP contribution in [0, 0.1) is 0 Å². The fourth-order valence-electron chi connectivity index (χ4n) is 3.28. The molecule has 21 heavy (non-hydrogen) atoms. The van der Waals surface area contributed by atoms with Gasteiger partial charge in [-0.3, -0.25) is 4.84 Å². The van der Waals surface area contributed by atoms with E-state index in [1.165, 1.54) is 44.1 Å². The molecule has 1 atom stereocenters. The standard InChI is InChI=1S/C18H28ClNO/c1-4-5-6-14-20(3)21-15(2)18(12-7-13-18)16-8-10-17(19)11-9-16/h8-11,15H,4-7,12-14H2,1-3H3. The molecule has 1 aromatic carbocycles. The van der Waals surface area contributed by atoms with Crippen molar-refractivity contribution in [2.45, 2.75) is 63.9 Å². The Labute approximate surface area is 134 Å². The topological polar surface area (TPSA) is 12.5 Å². The van der Waals surface area contributed by atoms with Crippen LogP contribution in [-0.4, -0.2) is 24.8 Å². The number of unbranched alkanes of at least 4 members (excludes halogenated alkanes) is 2. The Morgan fingerprint density at radius 3 is 2.43 bits per heavy atom. The monoisotopic (exact) mass is 309 g/mol. The molecule has 3 heteroatoms. The summed E-state index contributed by atoms with van der Waals surface area (Å²) in [5.74, 6) is 0. The highest BCUT2D eigenvalue weighted by atomic mass is 35.5. The number of benzene rings is 1. The second-order valence-corrected chi connectivity index (χ2v) is 6.76. The fourth-order valence-corrected chi connectivity index (χ4v) is 3.40. The molecule has 0 spiro atoms. The molecule has 1 aliphatic rings. The normalized spacial score (nSPS) is 18.5. The molecular weight excluding hydrogens is 282 g/mol. The van der Waals surface area contributed by atoms with E-state index in [-0.39, 0.29) is 11.5 Å². The van der Waals surface area contributed by atoms with Crippen molar-refractivity contribution < 1.29 is 4.84 Å². The lowest BCUT2D eigenvalue weighted by molar-refractivity contribution is -0.206. The zero-order valence-corrected chi connectivity index (χ0v) is 14.3. The van der Waals surface area contributed by atoms with Gasteiger partial charge in [-0.15, -0.1) is 0 Å². The summed E-state index contributed by atoms with van der Waals surface area (Å²) in [7, 11) is 2.06. The number of halogens is 1. The molecule has 1 unspecified atom stereocenters. The van der Waals surface area contributed by atoms with E-state index in [2.05, 4.69) is 33.0 Å². The van der Waals surface area contributed by atoms with Gasteiger partial charge in [-0.25, -0.2) is 0 Å². The summed E-state index contributed by atoms with van der Waals surface area (Å²) in [4.78, 5) is 6.19. The summed E-state index contributed by atoms with van der Waals surface area (Å²) in [5, 5.41) is 2.83. The third-order valence-electron chi connectivity index (χ3n) is 4.86. The first-order valence-corrected chi connectivity index (χ1v) is 8.60. The summed E-state index contributed by atoms with van der Waals surface area (Å²) in [6.07, 6.45) is 7.63. The predicted molar refractivity (Wildman–Crippen MR) is 89.7 cm³/mol. The van der Waals surface area contributed by atoms with Gasteiger partial charge in [0.1, 0.15) is 0 Å². The van der Waals surface area contributed by atoms with Gasteiger partial charge in [0, 0.05) is 24.0 Å². The predicted octanol–water partition coefficient (Wildman–Crippen LogP) is 5.20. The van der Waals surface area contributed by atoms with Crippen molar-refractivity contribution in [1.82, 2.24) is 5.06 Å². The Balaban J connectivity index is 1.98. The summed E-state index contributed by atoms with van der Waals surface area (Å²) < 4.78 is 0. The van der Waals surface area contributed by atoms with Crippen LogP contribution in [0.5, 0.6) is 0 Å². The van der Waals surface area contributed by atoms with Crippen LogP contribution >= 0.6 is 11.6 Å². The molecule has 0 saturated heterocycles. The largest absolute Gasteiger partial charge is 0.295 e. The van der Waals surface area contributed by atoms with E-state index in [0.717, 1.165) is 11.6 Å². The molecule has 0 amide bonds. The van der Waals surface area contributed by atoms with Crippen molar-refractivity contribution in [3.05, 3.63) is 34.9 Å². The fraction of sp³-hybridized carbons (Fsp3) is 0.667. The SMILES string of the molecule is CCCCCN(C)OC(C)C1(c2ccc(Cl)cc2)CCC1. The van der Waals surface area contributed by atoms with Crippen molar-refractivity contribution in [2.24, 2.45) is 0 Å². The molecule has 118 valence electrons. The van der Waals surface area contributed by atoms with Crippen LogP contribution in [0.15, 0.2) is 24.3 Å². The molecule has 0 aliphatic heterocycles. The van der Waals surface area contributed by atoms with Crippen LogP contribution in [0.4, 0.5) is 0 Å². The molecule has 1 fully saturated rings. The molecular formula is C18H28ClNO. The minimum Gasteiger partial charge on any atom is -0.295 e. The van der Waals surface area contributed by atoms with Gasteiger partial charge in [0.2, 0.25) is 0 Å². The van der Waals surface area contributed by atoms with Gasteiger partial charge in [0.05, 0.1) is 6.10 Å². The first kappa shape index (κ1) is 16.8. The third kappa shape index (κ3) is 4.00. The van der Waals surface area contributed by atoms with Crippen molar-refractivity contribution in [1.29, 1.82) is 0 Å². The van der Waals surface area contributed by atoms with Crippen LogP contribution < -0.4 is 0 Å². The Kier molecular flexibility index (Phi) is 6.09. The zero-order valence-electron chi connectivity index (χ0n) is 13.6. The Morgan fingerprint density at radius 2 is 1.90 bits per heavy atom. The van der Waals surface area contributed by atoms with E-state index in [4.69, 9.17) is 16.4 Å². The summed E-state index contributed by atoms with van der Waals surface area (Å²) in [6.45, 7) is 5.45. The maximum Gasteiger partial charge on any atom is 0.0861 e. The molecule has 2 nitrogen and oxygen atoms in total. The zero-order chi connectivity index (χ0) is 15.3. The van der Waals surface area contributed by atoms with Crippen molar-refractivity contribution in [3.8, 4) is 0 Å². The molecule has 0 radical (unpaired) electrons. The maximum atomic E-state index is 6.19. The van der Waals surface area contributed by atoms with Crippen molar-refractivity contribution in [2.75, 3.05) is 13.6 Å². The highest BCUT2D eigenvalue weighted by Gasteiger charge is 2.44. The third-order valence-corrected chi connectivity index (χ3v) is 5.11. The van der Waals surface area contributed by atoms with Gasteiger partial charge in [0.25, 0.3) is 0 Å². The summed E-state index contributed by atoms with van der Waals surface area (Å²) in [6, 6.07) is 8.32. The maximum absolute atomic E-state index is 6.19. The number of hydrogen-bond donors (Lipinski definition) is 0. The minimum atomic E-state index is 0.170. The Hall–Kier alpha value is -0.570. The van der Waals surface area contributed by atoms with Crippen LogP contribution in [0.1, 0.15) is 57.9 Å². The summed E-state index contributed by atoms with van der Waals surface area (Å²) >= 11 is 6.02. The molecule has 0 bridgehead atoms. The van der Waals surface area contributed by atoms with Gasteiger partial charge in [-0.05, 0) is 43.9 Å². The summed E-state index contributed by atoms with van der Waals surface area (Å²) in [5.41, 5.74) is 1.54. The van der Waals surface area contributed by atoms with E-state index in [1.54, 1.807) is 0 Å². The highest BCUT2D eigenvalue weighted by molar-refractivity contribution is 6.30. The second-order valence-electron chi connectivity index (χ2n) is 6.32. The van der Waals surface area contributed by atoms with Gasteiger partial charge in [-0.2, -0.15) is 5.06 Å². The Morgan fingerprint density at radius 1 is 1.24 bits per heavy atom. The molecule has 1 saturated carbocycles. The lowest BCUT2D eigenvalue weighted by Gasteiger charge is -2.47. The molecule has 2 rings (SSSR count). The van der Waals surface area contributed by atoms with Gasteiger partial charge in [-0.1, -0.05) is 49.9 Å². The molecule has 0 N–H and O–H groups in total. The van der Waals surface area contributed by atoms with Crippen LogP contribution in [0.3, 0.4) is 0 Å². The average molecular weight is 310 g/mol. The van der Waals surface area contributed by atoms with E-state index in [0.29, 0.717) is 0 Å². The number of rotatable bonds is 8. The van der Waals surface area contributed by atoms with Gasteiger partial charge >= 0.3 is 0 Å². The van der Waals surface area contributed by atoms with E-state index >= 15 is 0 Å². The Bertz CT molecular complexity index is 427. The van der Waals surface area contributed by atoms with Crippen LogP contribution in [0.2, 0.25) is 5.02 Å². The number of nitrogens with zero attached hydrogens (tertiary/aromatic N) is 1. The van der Waals surface area contributed by atoms with Crippen LogP contribution in [-0.2, 0) is 10.3 Å². The molecule has 1 aliphatic carbocycles. The van der Waals surface area contributed by atoms with E-state index in [1.807, 2.05) is 17.2 Å². The average Bonchev–Trinajstić information content (AvgIpc) is 2.40. The van der Waals surface area contributed by atoms with Gasteiger partial charge < -0.3 is 0 Å². The van der Waals surface area contributed by atoms with Crippen molar-refractivity contribution in [3.63, 3.8) is 0 Å². The van der Waals surface area contributed by atoms with Crippen molar-refractivity contribution >= 4 is 11.6 Å².